The molecule has 0 amide bonds. The number of rotatable bonds is 14. The van der Waals surface area contributed by atoms with Crippen molar-refractivity contribution in [1.29, 1.82) is 0 Å². The van der Waals surface area contributed by atoms with Crippen molar-refractivity contribution in [3.63, 3.8) is 0 Å². The number of hydrogen-bond acceptors (Lipinski definition) is 7. The van der Waals surface area contributed by atoms with Crippen molar-refractivity contribution in [1.82, 2.24) is 0 Å². The van der Waals surface area contributed by atoms with Gasteiger partial charge in [0.2, 0.25) is 0 Å². The highest BCUT2D eigenvalue weighted by atomic mass is 28.4. The van der Waals surface area contributed by atoms with Crippen LogP contribution in [0.3, 0.4) is 0 Å². The molecule has 196 valence electrons. The van der Waals surface area contributed by atoms with Crippen LogP contribution in [0, 0.1) is 0 Å². The molecule has 0 aliphatic heterocycles. The fourth-order valence-corrected chi connectivity index (χ4v) is 7.01. The zero-order chi connectivity index (χ0) is 25.7. The molecule has 0 heterocycles. The SMILES string of the molecule is CCCCCCc1ccc(C2CCC(OCCC[Si](OC(C)=O)(OC(C)=O)OC(C)=O)CC2)cc1. The topological polar surface area (TPSA) is 88.1 Å². The fourth-order valence-electron chi connectivity index (χ4n) is 4.69. The second-order valence-corrected chi connectivity index (χ2v) is 11.9. The summed E-state index contributed by atoms with van der Waals surface area (Å²) < 4.78 is 21.7. The molecule has 0 bridgehead atoms. The molecule has 1 fully saturated rings. The highest BCUT2D eigenvalue weighted by Gasteiger charge is 2.51. The van der Waals surface area contributed by atoms with Crippen molar-refractivity contribution in [2.24, 2.45) is 0 Å². The molecule has 0 radical (unpaired) electrons. The van der Waals surface area contributed by atoms with Crippen LogP contribution in [0.2, 0.25) is 6.04 Å². The quantitative estimate of drug-likeness (QED) is 0.230. The third-order valence-corrected chi connectivity index (χ3v) is 9.08. The summed E-state index contributed by atoms with van der Waals surface area (Å²) in [5, 5.41) is 0. The third-order valence-electron chi connectivity index (χ3n) is 6.32. The number of carbonyl (C=O) groups is 3. The Kier molecular flexibility index (Phi) is 12.5. The number of unbranched alkanes of at least 4 members (excludes halogenated alkanes) is 3. The van der Waals surface area contributed by atoms with Crippen LogP contribution in [0.25, 0.3) is 0 Å². The number of hydrogen-bond donors (Lipinski definition) is 0. The molecule has 1 aliphatic rings. The van der Waals surface area contributed by atoms with Gasteiger partial charge in [-0.15, -0.1) is 0 Å². The summed E-state index contributed by atoms with van der Waals surface area (Å²) in [5.74, 6) is -1.38. The van der Waals surface area contributed by atoms with Crippen molar-refractivity contribution < 1.29 is 32.4 Å². The van der Waals surface area contributed by atoms with Gasteiger partial charge in [0.25, 0.3) is 17.9 Å². The van der Waals surface area contributed by atoms with Crippen LogP contribution < -0.4 is 0 Å². The lowest BCUT2D eigenvalue weighted by molar-refractivity contribution is -0.147. The Bertz CT molecular complexity index is 759. The first kappa shape index (κ1) is 29.0. The smallest absolute Gasteiger partial charge is 0.455 e. The molecule has 2 rings (SSSR count). The first-order chi connectivity index (χ1) is 16.7. The zero-order valence-corrected chi connectivity index (χ0v) is 22.8. The van der Waals surface area contributed by atoms with Crippen molar-refractivity contribution >= 4 is 26.7 Å². The summed E-state index contributed by atoms with van der Waals surface area (Å²) in [6.45, 7) is 6.25. The number of benzene rings is 1. The van der Waals surface area contributed by atoms with E-state index in [1.165, 1.54) is 57.6 Å². The van der Waals surface area contributed by atoms with E-state index in [0.29, 0.717) is 18.9 Å². The van der Waals surface area contributed by atoms with E-state index in [1.807, 2.05) is 0 Å². The normalized spacial score (nSPS) is 18.1. The Morgan fingerprint density at radius 2 is 1.37 bits per heavy atom. The predicted molar refractivity (Wildman–Crippen MR) is 136 cm³/mol. The first-order valence-electron chi connectivity index (χ1n) is 13.0. The second kappa shape index (κ2) is 15.0. The monoisotopic (exact) mass is 506 g/mol. The van der Waals surface area contributed by atoms with Crippen molar-refractivity contribution in [2.45, 2.75) is 110 Å². The molecule has 0 unspecified atom stereocenters. The first-order valence-corrected chi connectivity index (χ1v) is 15.0. The summed E-state index contributed by atoms with van der Waals surface area (Å²) in [5.41, 5.74) is 2.85. The van der Waals surface area contributed by atoms with Gasteiger partial charge in [0.1, 0.15) is 0 Å². The average molecular weight is 507 g/mol. The Labute approximate surface area is 211 Å². The maximum Gasteiger partial charge on any atom is 0.705 e. The molecular weight excluding hydrogens is 464 g/mol. The highest BCUT2D eigenvalue weighted by molar-refractivity contribution is 6.65. The minimum absolute atomic E-state index is 0.145. The fraction of sp³-hybridized carbons (Fsp3) is 0.667. The van der Waals surface area contributed by atoms with Gasteiger partial charge in [-0.3, -0.25) is 14.4 Å². The van der Waals surface area contributed by atoms with Gasteiger partial charge in [0, 0.05) is 27.4 Å². The third kappa shape index (κ3) is 10.9. The molecule has 1 aromatic carbocycles. The molecule has 0 N–H and O–H groups in total. The lowest BCUT2D eigenvalue weighted by Gasteiger charge is -2.29. The van der Waals surface area contributed by atoms with E-state index in [-0.39, 0.29) is 12.1 Å². The van der Waals surface area contributed by atoms with Crippen LogP contribution in [-0.2, 0) is 38.8 Å². The minimum atomic E-state index is -3.77. The van der Waals surface area contributed by atoms with Crippen LogP contribution in [0.5, 0.6) is 0 Å². The van der Waals surface area contributed by atoms with Crippen LogP contribution in [0.1, 0.15) is 103 Å². The van der Waals surface area contributed by atoms with Gasteiger partial charge < -0.3 is 18.0 Å². The molecule has 8 heteroatoms. The van der Waals surface area contributed by atoms with E-state index in [2.05, 4.69) is 31.2 Å². The highest BCUT2D eigenvalue weighted by Crippen LogP contribution is 2.34. The molecule has 0 saturated heterocycles. The average Bonchev–Trinajstić information content (AvgIpc) is 2.79. The summed E-state index contributed by atoms with van der Waals surface area (Å²) in [6, 6.07) is 9.31. The summed E-state index contributed by atoms with van der Waals surface area (Å²) in [4.78, 5) is 34.6. The van der Waals surface area contributed by atoms with E-state index < -0.39 is 26.7 Å². The summed E-state index contributed by atoms with van der Waals surface area (Å²) >= 11 is 0. The Morgan fingerprint density at radius 1 is 0.800 bits per heavy atom. The second-order valence-electron chi connectivity index (χ2n) is 9.46. The molecule has 35 heavy (non-hydrogen) atoms. The minimum Gasteiger partial charge on any atom is -0.455 e. The van der Waals surface area contributed by atoms with E-state index >= 15 is 0 Å². The summed E-state index contributed by atoms with van der Waals surface area (Å²) in [7, 11) is -3.77. The lowest BCUT2D eigenvalue weighted by Crippen LogP contribution is -2.49. The van der Waals surface area contributed by atoms with Gasteiger partial charge in [-0.05, 0) is 62.0 Å². The Morgan fingerprint density at radius 3 is 1.89 bits per heavy atom. The van der Waals surface area contributed by atoms with Crippen LogP contribution in [-0.4, -0.2) is 39.4 Å². The summed E-state index contributed by atoms with van der Waals surface area (Å²) in [6.07, 6.45) is 11.1. The number of aryl methyl sites for hydroxylation is 1. The molecule has 0 atom stereocenters. The largest absolute Gasteiger partial charge is 0.705 e. The lowest BCUT2D eigenvalue weighted by atomic mass is 9.82. The molecule has 1 saturated carbocycles. The molecule has 7 nitrogen and oxygen atoms in total. The number of ether oxygens (including phenoxy) is 1. The molecule has 0 spiro atoms. The molecule has 0 aromatic heterocycles. The zero-order valence-electron chi connectivity index (χ0n) is 21.8. The molecule has 1 aromatic rings. The van der Waals surface area contributed by atoms with Gasteiger partial charge in [-0.2, -0.15) is 0 Å². The Hall–Kier alpha value is -2.19. The Balaban J connectivity index is 1.76. The maximum absolute atomic E-state index is 11.5. The van der Waals surface area contributed by atoms with E-state index in [9.17, 15) is 14.4 Å². The van der Waals surface area contributed by atoms with Crippen molar-refractivity contribution in [3.05, 3.63) is 35.4 Å². The van der Waals surface area contributed by atoms with Crippen molar-refractivity contribution in [3.8, 4) is 0 Å². The van der Waals surface area contributed by atoms with Crippen LogP contribution in [0.15, 0.2) is 24.3 Å². The van der Waals surface area contributed by atoms with Gasteiger partial charge in [0.05, 0.1) is 12.1 Å². The predicted octanol–water partition coefficient (Wildman–Crippen LogP) is 5.87. The van der Waals surface area contributed by atoms with Crippen LogP contribution >= 0.6 is 0 Å². The van der Waals surface area contributed by atoms with Gasteiger partial charge >= 0.3 is 8.80 Å². The van der Waals surface area contributed by atoms with Gasteiger partial charge in [0.15, 0.2) is 0 Å². The number of carbonyl (C=O) groups excluding carboxylic acids is 3. The van der Waals surface area contributed by atoms with E-state index in [1.54, 1.807) is 0 Å². The van der Waals surface area contributed by atoms with Crippen molar-refractivity contribution in [2.75, 3.05) is 6.61 Å². The van der Waals surface area contributed by atoms with E-state index in [0.717, 1.165) is 32.1 Å². The van der Waals surface area contributed by atoms with E-state index in [4.69, 9.17) is 18.0 Å². The van der Waals surface area contributed by atoms with Crippen LogP contribution in [0.4, 0.5) is 0 Å². The standard InChI is InChI=1S/C27H42O7Si/c1-5-6-7-8-10-24-11-13-25(14-12-24)26-15-17-27(18-16-26)31-19-9-20-35(32-21(2)28,33-22(3)29)34-23(4)30/h11-14,26-27H,5-10,15-20H2,1-4H3. The molecular formula is C27H42O7Si. The van der Waals surface area contributed by atoms with Gasteiger partial charge in [-0.1, -0.05) is 50.5 Å². The molecule has 1 aliphatic carbocycles. The van der Waals surface area contributed by atoms with Gasteiger partial charge in [-0.25, -0.2) is 0 Å². The maximum atomic E-state index is 11.5.